The van der Waals surface area contributed by atoms with Gasteiger partial charge < -0.3 is 9.72 Å². The highest BCUT2D eigenvalue weighted by Crippen LogP contribution is 2.35. The van der Waals surface area contributed by atoms with Crippen LogP contribution in [-0.2, 0) is 11.8 Å². The molecule has 4 rings (SSSR count). The van der Waals surface area contributed by atoms with Gasteiger partial charge in [0.1, 0.15) is 5.65 Å². The second-order valence-electron chi connectivity index (χ2n) is 6.04. The Morgan fingerprint density at radius 3 is 2.83 bits per heavy atom. The maximum absolute atomic E-state index is 5.60. The van der Waals surface area contributed by atoms with Gasteiger partial charge in [0.25, 0.3) is 0 Å². The molecule has 5 nitrogen and oxygen atoms in total. The summed E-state index contributed by atoms with van der Waals surface area (Å²) in [5.74, 6) is 1.11. The number of pyridine rings is 1. The number of allylic oxidation sites excluding steroid dienone is 2. The van der Waals surface area contributed by atoms with Gasteiger partial charge in [-0.2, -0.15) is 5.10 Å². The van der Waals surface area contributed by atoms with Gasteiger partial charge in [-0.1, -0.05) is 0 Å². The van der Waals surface area contributed by atoms with E-state index in [4.69, 9.17) is 4.74 Å². The maximum atomic E-state index is 5.60. The van der Waals surface area contributed by atoms with Crippen molar-refractivity contribution in [3.63, 3.8) is 0 Å². The number of aromatic amines is 1. The van der Waals surface area contributed by atoms with Gasteiger partial charge in [0.05, 0.1) is 19.1 Å². The second-order valence-corrected chi connectivity index (χ2v) is 6.04. The van der Waals surface area contributed by atoms with E-state index in [9.17, 15) is 0 Å². The zero-order valence-corrected chi connectivity index (χ0v) is 13.5. The van der Waals surface area contributed by atoms with E-state index in [1.165, 1.54) is 24.0 Å². The highest BCUT2D eigenvalue weighted by Gasteiger charge is 2.17. The molecule has 0 unspecified atom stereocenters. The number of rotatable bonds is 3. The van der Waals surface area contributed by atoms with E-state index in [1.54, 1.807) is 7.11 Å². The van der Waals surface area contributed by atoms with Crippen LogP contribution < -0.4 is 0 Å². The molecule has 0 saturated heterocycles. The van der Waals surface area contributed by atoms with Crippen molar-refractivity contribution in [1.82, 2.24) is 19.7 Å². The van der Waals surface area contributed by atoms with Crippen LogP contribution in [0, 0.1) is 0 Å². The lowest BCUT2D eigenvalue weighted by molar-refractivity contribution is 0.270. The zero-order chi connectivity index (χ0) is 15.8. The molecule has 0 aliphatic heterocycles. The van der Waals surface area contributed by atoms with Gasteiger partial charge in [-0.15, -0.1) is 0 Å². The summed E-state index contributed by atoms with van der Waals surface area (Å²) in [6, 6.07) is 2.22. The summed E-state index contributed by atoms with van der Waals surface area (Å²) >= 11 is 0. The molecule has 3 aromatic rings. The molecule has 0 atom stereocenters. The van der Waals surface area contributed by atoms with Crippen molar-refractivity contribution in [1.29, 1.82) is 0 Å². The van der Waals surface area contributed by atoms with E-state index in [0.717, 1.165) is 40.8 Å². The molecular formula is C18H20N4O. The summed E-state index contributed by atoms with van der Waals surface area (Å²) in [6.07, 6.45) is 12.4. The van der Waals surface area contributed by atoms with Crippen LogP contribution in [0.4, 0.5) is 0 Å². The van der Waals surface area contributed by atoms with E-state index in [1.807, 2.05) is 36.5 Å². The van der Waals surface area contributed by atoms with Gasteiger partial charge in [-0.05, 0) is 30.9 Å². The van der Waals surface area contributed by atoms with Crippen molar-refractivity contribution in [3.8, 4) is 11.1 Å². The molecule has 0 saturated carbocycles. The molecular weight excluding hydrogens is 288 g/mol. The first-order chi connectivity index (χ1) is 11.3. The first-order valence-corrected chi connectivity index (χ1v) is 7.99. The van der Waals surface area contributed by atoms with Crippen LogP contribution in [0.1, 0.15) is 31.2 Å². The monoisotopic (exact) mass is 308 g/mol. The largest absolute Gasteiger partial charge is 0.501 e. The molecule has 1 aliphatic carbocycles. The molecule has 0 fully saturated rings. The van der Waals surface area contributed by atoms with E-state index in [0.29, 0.717) is 0 Å². The van der Waals surface area contributed by atoms with Crippen LogP contribution in [0.2, 0.25) is 0 Å². The zero-order valence-electron chi connectivity index (χ0n) is 13.5. The Kier molecular flexibility index (Phi) is 3.41. The Morgan fingerprint density at radius 1 is 1.17 bits per heavy atom. The predicted octanol–water partition coefficient (Wildman–Crippen LogP) is 3.89. The van der Waals surface area contributed by atoms with Gasteiger partial charge in [-0.25, -0.2) is 4.98 Å². The van der Waals surface area contributed by atoms with Gasteiger partial charge in [0, 0.05) is 54.1 Å². The highest BCUT2D eigenvalue weighted by atomic mass is 16.5. The molecule has 23 heavy (non-hydrogen) atoms. The van der Waals surface area contributed by atoms with Crippen molar-refractivity contribution in [2.45, 2.75) is 25.7 Å². The summed E-state index contributed by atoms with van der Waals surface area (Å²) in [5.41, 5.74) is 5.60. The van der Waals surface area contributed by atoms with Crippen molar-refractivity contribution >= 4 is 16.6 Å². The molecule has 0 radical (unpaired) electrons. The van der Waals surface area contributed by atoms with Gasteiger partial charge in [-0.3, -0.25) is 4.68 Å². The fraction of sp³-hybridized carbons (Fsp3) is 0.333. The van der Waals surface area contributed by atoms with E-state index < -0.39 is 0 Å². The smallest absolute Gasteiger partial charge is 0.137 e. The highest BCUT2D eigenvalue weighted by molar-refractivity contribution is 5.95. The number of hydrogen-bond donors (Lipinski definition) is 1. The SMILES string of the molecule is COC1=C(c2cnc3[nH]cc(-c4cnn(C)c4)c3c2)CCCC1. The minimum Gasteiger partial charge on any atom is -0.501 e. The standard InChI is InChI=1S/C18H20N4O/c1-22-11-13(9-21-22)16-10-20-18-15(16)7-12(8-19-18)14-5-3-4-6-17(14)23-2/h7-11H,3-6H2,1-2H3,(H,19,20). The molecule has 0 aromatic carbocycles. The summed E-state index contributed by atoms with van der Waals surface area (Å²) in [4.78, 5) is 7.86. The minimum atomic E-state index is 0.906. The number of fused-ring (bicyclic) bond motifs is 1. The molecule has 5 heteroatoms. The third kappa shape index (κ3) is 2.42. The number of hydrogen-bond acceptors (Lipinski definition) is 3. The molecule has 1 N–H and O–H groups in total. The number of aryl methyl sites for hydroxylation is 1. The lowest BCUT2D eigenvalue weighted by Crippen LogP contribution is -2.01. The van der Waals surface area contributed by atoms with E-state index >= 15 is 0 Å². The molecule has 0 bridgehead atoms. The van der Waals surface area contributed by atoms with Crippen LogP contribution in [0.5, 0.6) is 0 Å². The molecule has 3 heterocycles. The topological polar surface area (TPSA) is 55.7 Å². The van der Waals surface area contributed by atoms with Crippen LogP contribution in [0.3, 0.4) is 0 Å². The van der Waals surface area contributed by atoms with E-state index in [2.05, 4.69) is 21.1 Å². The van der Waals surface area contributed by atoms with Crippen LogP contribution in [0.15, 0.2) is 36.6 Å². The Morgan fingerprint density at radius 2 is 2.04 bits per heavy atom. The van der Waals surface area contributed by atoms with Crippen molar-refractivity contribution in [2.24, 2.45) is 7.05 Å². The van der Waals surface area contributed by atoms with Gasteiger partial charge >= 0.3 is 0 Å². The normalized spacial score (nSPS) is 15.4. The quantitative estimate of drug-likeness (QED) is 0.798. The molecule has 1 aliphatic rings. The predicted molar refractivity (Wildman–Crippen MR) is 90.7 cm³/mol. The first-order valence-electron chi connectivity index (χ1n) is 7.99. The Hall–Kier alpha value is -2.56. The number of H-pyrrole nitrogens is 1. The van der Waals surface area contributed by atoms with Crippen molar-refractivity contribution in [3.05, 3.63) is 42.2 Å². The van der Waals surface area contributed by atoms with Crippen LogP contribution in [0.25, 0.3) is 27.7 Å². The Balaban J connectivity index is 1.85. The van der Waals surface area contributed by atoms with Gasteiger partial charge in [0.2, 0.25) is 0 Å². The molecule has 3 aromatic heterocycles. The average Bonchev–Trinajstić information content (AvgIpc) is 3.20. The Labute approximate surface area is 135 Å². The fourth-order valence-corrected chi connectivity index (χ4v) is 3.38. The summed E-state index contributed by atoms with van der Waals surface area (Å²) in [7, 11) is 3.70. The lowest BCUT2D eigenvalue weighted by Gasteiger charge is -2.19. The maximum Gasteiger partial charge on any atom is 0.137 e. The number of nitrogens with zero attached hydrogens (tertiary/aromatic N) is 3. The lowest BCUT2D eigenvalue weighted by atomic mass is 9.92. The van der Waals surface area contributed by atoms with Crippen molar-refractivity contribution in [2.75, 3.05) is 7.11 Å². The second kappa shape index (κ2) is 5.57. The molecule has 118 valence electrons. The molecule has 0 spiro atoms. The molecule has 0 amide bonds. The minimum absolute atomic E-state index is 0.906. The fourth-order valence-electron chi connectivity index (χ4n) is 3.38. The third-order valence-electron chi connectivity index (χ3n) is 4.56. The summed E-state index contributed by atoms with van der Waals surface area (Å²) in [5, 5.41) is 5.40. The first kappa shape index (κ1) is 14.1. The number of aromatic nitrogens is 4. The average molecular weight is 308 g/mol. The van der Waals surface area contributed by atoms with Crippen molar-refractivity contribution < 1.29 is 4.74 Å². The third-order valence-corrected chi connectivity index (χ3v) is 4.56. The number of methoxy groups -OCH3 is 1. The Bertz CT molecular complexity index is 887. The van der Waals surface area contributed by atoms with Crippen LogP contribution in [-0.4, -0.2) is 26.9 Å². The number of nitrogens with one attached hydrogen (secondary N) is 1. The van der Waals surface area contributed by atoms with E-state index in [-0.39, 0.29) is 0 Å². The van der Waals surface area contributed by atoms with Gasteiger partial charge in [0.15, 0.2) is 0 Å². The van der Waals surface area contributed by atoms with Crippen LogP contribution >= 0.6 is 0 Å². The summed E-state index contributed by atoms with van der Waals surface area (Å²) < 4.78 is 7.42. The summed E-state index contributed by atoms with van der Waals surface area (Å²) in [6.45, 7) is 0. The number of ether oxygens (including phenoxy) is 1.